The summed E-state index contributed by atoms with van der Waals surface area (Å²) in [6.07, 6.45) is 1.90. The Hall–Kier alpha value is -0.650. The lowest BCUT2D eigenvalue weighted by Crippen LogP contribution is -2.59. The van der Waals surface area contributed by atoms with E-state index < -0.39 is 11.5 Å². The van der Waals surface area contributed by atoms with Gasteiger partial charge in [-0.2, -0.15) is 0 Å². The lowest BCUT2D eigenvalue weighted by atomic mass is 9.93. The molecule has 0 heterocycles. The van der Waals surface area contributed by atoms with E-state index in [1.54, 1.807) is 0 Å². The Morgan fingerprint density at radius 3 is 2.30 bits per heavy atom. The zero-order valence-electron chi connectivity index (χ0n) is 13.4. The van der Waals surface area contributed by atoms with Gasteiger partial charge in [0.1, 0.15) is 5.54 Å². The van der Waals surface area contributed by atoms with Crippen LogP contribution in [0.1, 0.15) is 47.5 Å². The third-order valence-electron chi connectivity index (χ3n) is 3.29. The number of nitrogens with one attached hydrogen (secondary N) is 1. The molecule has 0 aromatic heterocycles. The van der Waals surface area contributed by atoms with Crippen LogP contribution >= 0.6 is 0 Å². The molecule has 5 heteroatoms. The topological polar surface area (TPSA) is 67.8 Å². The van der Waals surface area contributed by atoms with Crippen LogP contribution in [0, 0.1) is 5.92 Å². The van der Waals surface area contributed by atoms with E-state index in [0.29, 0.717) is 13.2 Å². The van der Waals surface area contributed by atoms with Crippen LogP contribution in [0.4, 0.5) is 0 Å². The summed E-state index contributed by atoms with van der Waals surface area (Å²) in [7, 11) is 0. The molecule has 0 aliphatic heterocycles. The van der Waals surface area contributed by atoms with Crippen molar-refractivity contribution >= 4 is 5.97 Å². The molecule has 0 radical (unpaired) electrons. The smallest absolute Gasteiger partial charge is 0.326 e. The van der Waals surface area contributed by atoms with Crippen molar-refractivity contribution in [1.29, 1.82) is 0 Å². The molecule has 1 rings (SSSR count). The highest BCUT2D eigenvalue weighted by Gasteiger charge is 2.51. The minimum absolute atomic E-state index is 0.112. The molecule has 118 valence electrons. The second-order valence-electron chi connectivity index (χ2n) is 6.86. The molecular weight excluding hydrogens is 258 g/mol. The Kier molecular flexibility index (Phi) is 5.98. The molecule has 0 aromatic rings. The summed E-state index contributed by atoms with van der Waals surface area (Å²) in [4.78, 5) is 11.7. The van der Waals surface area contributed by atoms with Crippen molar-refractivity contribution in [3.8, 4) is 0 Å². The summed E-state index contributed by atoms with van der Waals surface area (Å²) in [5, 5.41) is 12.8. The number of ether oxygens (including phenoxy) is 2. The second-order valence-corrected chi connectivity index (χ2v) is 6.86. The van der Waals surface area contributed by atoms with Gasteiger partial charge in [-0.25, -0.2) is 0 Å². The first kappa shape index (κ1) is 17.4. The summed E-state index contributed by atoms with van der Waals surface area (Å²) in [6.45, 7) is 11.0. The minimum atomic E-state index is -0.949. The fraction of sp³-hybridized carbons (Fsp3) is 0.933. The van der Waals surface area contributed by atoms with Crippen LogP contribution < -0.4 is 5.32 Å². The predicted molar refractivity (Wildman–Crippen MR) is 77.9 cm³/mol. The van der Waals surface area contributed by atoms with Crippen LogP contribution in [0.5, 0.6) is 0 Å². The highest BCUT2D eigenvalue weighted by molar-refractivity contribution is 5.80. The molecule has 1 saturated carbocycles. The molecule has 1 aliphatic carbocycles. The maximum atomic E-state index is 11.7. The molecule has 1 atom stereocenters. The molecular formula is C15H29NO4. The Bertz CT molecular complexity index is 320. The van der Waals surface area contributed by atoms with Crippen LogP contribution in [0.3, 0.4) is 0 Å². The quantitative estimate of drug-likeness (QED) is 0.635. The van der Waals surface area contributed by atoms with Gasteiger partial charge in [0.2, 0.25) is 0 Å². The third kappa shape index (κ3) is 5.38. The highest BCUT2D eigenvalue weighted by atomic mass is 16.5. The van der Waals surface area contributed by atoms with Gasteiger partial charge in [-0.15, -0.1) is 0 Å². The lowest BCUT2D eigenvalue weighted by molar-refractivity contribution is -0.150. The highest BCUT2D eigenvalue weighted by Crippen LogP contribution is 2.40. The van der Waals surface area contributed by atoms with Crippen molar-refractivity contribution in [3.05, 3.63) is 0 Å². The molecule has 0 spiro atoms. The summed E-state index contributed by atoms with van der Waals surface area (Å²) >= 11 is 0. The van der Waals surface area contributed by atoms with Crippen LogP contribution in [0.2, 0.25) is 0 Å². The Labute approximate surface area is 122 Å². The molecule has 0 saturated heterocycles. The van der Waals surface area contributed by atoms with Crippen molar-refractivity contribution < 1.29 is 19.4 Å². The number of rotatable bonds is 9. The number of aliphatic carboxylic acids is 1. The van der Waals surface area contributed by atoms with E-state index in [4.69, 9.17) is 9.47 Å². The van der Waals surface area contributed by atoms with Gasteiger partial charge in [0.25, 0.3) is 0 Å². The van der Waals surface area contributed by atoms with Crippen molar-refractivity contribution in [2.75, 3.05) is 19.8 Å². The Morgan fingerprint density at radius 2 is 1.90 bits per heavy atom. The van der Waals surface area contributed by atoms with Crippen molar-refractivity contribution in [3.63, 3.8) is 0 Å². The van der Waals surface area contributed by atoms with Gasteiger partial charge in [-0.3, -0.25) is 10.1 Å². The fourth-order valence-corrected chi connectivity index (χ4v) is 2.31. The number of hydrogen-bond donors (Lipinski definition) is 2. The molecule has 1 unspecified atom stereocenters. The average molecular weight is 287 g/mol. The standard InChI is InChI=1S/C15H29NO4/c1-11(2)16-15(13(17)18,12-6-7-12)10-19-8-9-20-14(3,4)5/h11-12,16H,6-10H2,1-5H3,(H,17,18). The first-order valence-electron chi connectivity index (χ1n) is 7.40. The molecule has 0 amide bonds. The van der Waals surface area contributed by atoms with Crippen molar-refractivity contribution in [2.24, 2.45) is 5.92 Å². The van der Waals surface area contributed by atoms with Crippen LogP contribution in [0.15, 0.2) is 0 Å². The SMILES string of the molecule is CC(C)NC(COCCOC(C)(C)C)(C(=O)O)C1CC1. The molecule has 0 aromatic carbocycles. The first-order chi connectivity index (χ1) is 9.17. The maximum absolute atomic E-state index is 11.7. The van der Waals surface area contributed by atoms with E-state index in [9.17, 15) is 9.90 Å². The summed E-state index contributed by atoms with van der Waals surface area (Å²) in [5.41, 5.74) is -1.14. The van der Waals surface area contributed by atoms with Crippen LogP contribution in [0.25, 0.3) is 0 Å². The summed E-state index contributed by atoms with van der Waals surface area (Å²) < 4.78 is 11.2. The largest absolute Gasteiger partial charge is 0.480 e. The normalized spacial score (nSPS) is 19.1. The van der Waals surface area contributed by atoms with Gasteiger partial charge < -0.3 is 14.6 Å². The predicted octanol–water partition coefficient (Wildman–Crippen LogP) is 2.05. The van der Waals surface area contributed by atoms with Crippen LogP contribution in [-0.4, -0.2) is 48.1 Å². The van der Waals surface area contributed by atoms with Gasteiger partial charge in [0.05, 0.1) is 25.4 Å². The first-order valence-corrected chi connectivity index (χ1v) is 7.40. The zero-order chi connectivity index (χ0) is 15.4. The van der Waals surface area contributed by atoms with Crippen molar-refractivity contribution in [1.82, 2.24) is 5.32 Å². The Balaban J connectivity index is 2.47. The van der Waals surface area contributed by atoms with Gasteiger partial charge in [0.15, 0.2) is 0 Å². The van der Waals surface area contributed by atoms with Gasteiger partial charge in [0, 0.05) is 6.04 Å². The van der Waals surface area contributed by atoms with E-state index in [1.807, 2.05) is 34.6 Å². The van der Waals surface area contributed by atoms with E-state index in [0.717, 1.165) is 12.8 Å². The number of carbonyl (C=O) groups is 1. The minimum Gasteiger partial charge on any atom is -0.480 e. The molecule has 5 nitrogen and oxygen atoms in total. The van der Waals surface area contributed by atoms with E-state index in [-0.39, 0.29) is 24.2 Å². The van der Waals surface area contributed by atoms with Gasteiger partial charge >= 0.3 is 5.97 Å². The molecule has 2 N–H and O–H groups in total. The molecule has 20 heavy (non-hydrogen) atoms. The Morgan fingerprint density at radius 1 is 1.30 bits per heavy atom. The average Bonchev–Trinajstić information content (AvgIpc) is 3.08. The second kappa shape index (κ2) is 6.87. The monoisotopic (exact) mass is 287 g/mol. The summed E-state index contributed by atoms with van der Waals surface area (Å²) in [6, 6.07) is 0.112. The lowest BCUT2D eigenvalue weighted by Gasteiger charge is -2.32. The van der Waals surface area contributed by atoms with E-state index >= 15 is 0 Å². The molecule has 0 bridgehead atoms. The van der Waals surface area contributed by atoms with E-state index in [1.165, 1.54) is 0 Å². The number of carboxylic acids is 1. The number of hydrogen-bond acceptors (Lipinski definition) is 4. The van der Waals surface area contributed by atoms with Crippen molar-refractivity contribution in [2.45, 2.75) is 64.6 Å². The molecule has 1 aliphatic rings. The number of carboxylic acid groups (broad SMARTS) is 1. The van der Waals surface area contributed by atoms with Crippen LogP contribution in [-0.2, 0) is 14.3 Å². The van der Waals surface area contributed by atoms with E-state index in [2.05, 4.69) is 5.32 Å². The summed E-state index contributed by atoms with van der Waals surface area (Å²) in [5.74, 6) is -0.642. The third-order valence-corrected chi connectivity index (χ3v) is 3.29. The zero-order valence-corrected chi connectivity index (χ0v) is 13.4. The van der Waals surface area contributed by atoms with Gasteiger partial charge in [-0.05, 0) is 53.4 Å². The van der Waals surface area contributed by atoms with Gasteiger partial charge in [-0.1, -0.05) is 0 Å². The maximum Gasteiger partial charge on any atom is 0.326 e. The fourth-order valence-electron chi connectivity index (χ4n) is 2.31. The molecule has 1 fully saturated rings.